The van der Waals surface area contributed by atoms with Gasteiger partial charge in [-0.15, -0.1) is 6.58 Å². The fourth-order valence-electron chi connectivity index (χ4n) is 1.24. The van der Waals surface area contributed by atoms with Crippen molar-refractivity contribution >= 4 is 28.7 Å². The van der Waals surface area contributed by atoms with Gasteiger partial charge in [0.2, 0.25) is 0 Å². The Morgan fingerprint density at radius 3 is 2.94 bits per heavy atom. The van der Waals surface area contributed by atoms with Crippen LogP contribution in [-0.2, 0) is 0 Å². The predicted molar refractivity (Wildman–Crippen MR) is 74.1 cm³/mol. The second kappa shape index (κ2) is 6.55. The van der Waals surface area contributed by atoms with Gasteiger partial charge >= 0.3 is 0 Å². The molecule has 1 aromatic rings. The summed E-state index contributed by atoms with van der Waals surface area (Å²) >= 11 is 5.02. The van der Waals surface area contributed by atoms with Crippen molar-refractivity contribution in [2.75, 3.05) is 19.0 Å². The normalized spacial score (nSPS) is 9.39. The van der Waals surface area contributed by atoms with E-state index in [0.717, 1.165) is 0 Å². The summed E-state index contributed by atoms with van der Waals surface area (Å²) in [5.74, 6) is 0.475. The maximum absolute atomic E-state index is 10.7. The average molecular weight is 267 g/mol. The van der Waals surface area contributed by atoms with E-state index < -0.39 is 4.92 Å². The second-order valence-electron chi connectivity index (χ2n) is 3.27. The molecule has 2 N–H and O–H groups in total. The lowest BCUT2D eigenvalue weighted by Crippen LogP contribution is -2.28. The maximum atomic E-state index is 10.7. The van der Waals surface area contributed by atoms with Crippen molar-refractivity contribution in [1.29, 1.82) is 0 Å². The van der Waals surface area contributed by atoms with Crippen LogP contribution in [-0.4, -0.2) is 23.7 Å². The van der Waals surface area contributed by atoms with Crippen molar-refractivity contribution in [3.05, 3.63) is 41.0 Å². The van der Waals surface area contributed by atoms with E-state index in [2.05, 4.69) is 17.2 Å². The van der Waals surface area contributed by atoms with Gasteiger partial charge in [0, 0.05) is 18.7 Å². The first-order chi connectivity index (χ1) is 8.58. The van der Waals surface area contributed by atoms with Crippen molar-refractivity contribution in [2.24, 2.45) is 0 Å². The minimum absolute atomic E-state index is 0.0372. The molecule has 0 bridgehead atoms. The highest BCUT2D eigenvalue weighted by atomic mass is 32.1. The molecular formula is C11H13N3O3S. The van der Waals surface area contributed by atoms with Crippen molar-refractivity contribution in [3.8, 4) is 5.75 Å². The Hall–Kier alpha value is -2.15. The lowest BCUT2D eigenvalue weighted by molar-refractivity contribution is -0.384. The van der Waals surface area contributed by atoms with E-state index in [0.29, 0.717) is 23.1 Å². The molecule has 0 aliphatic carbocycles. The molecule has 0 heterocycles. The van der Waals surface area contributed by atoms with E-state index in [1.165, 1.54) is 25.3 Å². The fourth-order valence-corrected chi connectivity index (χ4v) is 1.43. The van der Waals surface area contributed by atoms with Crippen LogP contribution in [0.4, 0.5) is 11.4 Å². The van der Waals surface area contributed by atoms with Gasteiger partial charge in [0.1, 0.15) is 5.75 Å². The van der Waals surface area contributed by atoms with E-state index in [9.17, 15) is 10.1 Å². The summed E-state index contributed by atoms with van der Waals surface area (Å²) in [4.78, 5) is 10.2. The van der Waals surface area contributed by atoms with Gasteiger partial charge < -0.3 is 15.4 Å². The molecule has 0 unspecified atom stereocenters. The number of thiocarbonyl (C=S) groups is 1. The molecule has 6 nitrogen and oxygen atoms in total. The number of nitro benzene ring substituents is 1. The van der Waals surface area contributed by atoms with E-state index in [-0.39, 0.29) is 5.69 Å². The molecule has 96 valence electrons. The van der Waals surface area contributed by atoms with Crippen LogP contribution in [0.2, 0.25) is 0 Å². The largest absolute Gasteiger partial charge is 0.495 e. The zero-order valence-electron chi connectivity index (χ0n) is 9.80. The van der Waals surface area contributed by atoms with Crippen LogP contribution in [0.1, 0.15) is 0 Å². The van der Waals surface area contributed by atoms with E-state index in [1.807, 2.05) is 0 Å². The monoisotopic (exact) mass is 267 g/mol. The SMILES string of the molecule is C=CCNC(=S)Nc1cc([N+](=O)[O-])ccc1OC. The third kappa shape index (κ3) is 3.70. The molecule has 1 rings (SSSR count). The molecule has 7 heteroatoms. The first kappa shape index (κ1) is 13.9. The molecule has 0 fully saturated rings. The number of ether oxygens (including phenoxy) is 1. The summed E-state index contributed by atoms with van der Waals surface area (Å²) in [7, 11) is 1.48. The van der Waals surface area contributed by atoms with Crippen LogP contribution in [0.3, 0.4) is 0 Å². The molecule has 0 aromatic heterocycles. The maximum Gasteiger partial charge on any atom is 0.271 e. The number of nitro groups is 1. The number of hydrogen-bond donors (Lipinski definition) is 2. The minimum Gasteiger partial charge on any atom is -0.495 e. The number of nitrogens with zero attached hydrogens (tertiary/aromatic N) is 1. The van der Waals surface area contributed by atoms with Crippen LogP contribution >= 0.6 is 12.2 Å². The molecule has 18 heavy (non-hydrogen) atoms. The molecule has 0 saturated carbocycles. The summed E-state index contributed by atoms with van der Waals surface area (Å²) in [6, 6.07) is 4.24. The molecule has 0 aliphatic heterocycles. The average Bonchev–Trinajstić information content (AvgIpc) is 2.36. The Labute approximate surface area is 110 Å². The van der Waals surface area contributed by atoms with Crippen molar-refractivity contribution in [3.63, 3.8) is 0 Å². The van der Waals surface area contributed by atoms with Gasteiger partial charge in [-0.05, 0) is 18.3 Å². The zero-order valence-corrected chi connectivity index (χ0v) is 10.6. The van der Waals surface area contributed by atoms with E-state index in [4.69, 9.17) is 17.0 Å². The first-order valence-corrected chi connectivity index (χ1v) is 5.47. The van der Waals surface area contributed by atoms with Gasteiger partial charge in [-0.3, -0.25) is 10.1 Å². The zero-order chi connectivity index (χ0) is 13.5. The third-order valence-electron chi connectivity index (χ3n) is 2.05. The number of hydrogen-bond acceptors (Lipinski definition) is 4. The highest BCUT2D eigenvalue weighted by molar-refractivity contribution is 7.80. The van der Waals surface area contributed by atoms with Crippen LogP contribution in [0.15, 0.2) is 30.9 Å². The number of nitrogens with one attached hydrogen (secondary N) is 2. The Morgan fingerprint density at radius 1 is 1.67 bits per heavy atom. The third-order valence-corrected chi connectivity index (χ3v) is 2.30. The van der Waals surface area contributed by atoms with Gasteiger partial charge in [-0.2, -0.15) is 0 Å². The highest BCUT2D eigenvalue weighted by Gasteiger charge is 2.11. The summed E-state index contributed by atoms with van der Waals surface area (Å²) in [6.07, 6.45) is 1.65. The molecular weight excluding hydrogens is 254 g/mol. The van der Waals surface area contributed by atoms with Crippen molar-refractivity contribution in [1.82, 2.24) is 5.32 Å². The number of anilines is 1. The van der Waals surface area contributed by atoms with Crippen LogP contribution in [0, 0.1) is 10.1 Å². The Morgan fingerprint density at radius 2 is 2.39 bits per heavy atom. The summed E-state index contributed by atoms with van der Waals surface area (Å²) in [6.45, 7) is 4.05. The Kier molecular flexibility index (Phi) is 5.06. The molecule has 0 radical (unpaired) electrons. The first-order valence-electron chi connectivity index (χ1n) is 5.06. The van der Waals surface area contributed by atoms with E-state index in [1.54, 1.807) is 6.08 Å². The van der Waals surface area contributed by atoms with E-state index >= 15 is 0 Å². The minimum atomic E-state index is -0.481. The lowest BCUT2D eigenvalue weighted by atomic mass is 10.2. The number of rotatable bonds is 5. The lowest BCUT2D eigenvalue weighted by Gasteiger charge is -2.12. The molecule has 0 aliphatic rings. The van der Waals surface area contributed by atoms with Crippen LogP contribution in [0.25, 0.3) is 0 Å². The van der Waals surface area contributed by atoms with Gasteiger partial charge in [-0.25, -0.2) is 0 Å². The smallest absolute Gasteiger partial charge is 0.271 e. The number of benzene rings is 1. The van der Waals surface area contributed by atoms with Gasteiger partial charge in [0.15, 0.2) is 5.11 Å². The van der Waals surface area contributed by atoms with Crippen molar-refractivity contribution < 1.29 is 9.66 Å². The molecule has 1 aromatic carbocycles. The molecule has 0 atom stereocenters. The highest BCUT2D eigenvalue weighted by Crippen LogP contribution is 2.28. The van der Waals surface area contributed by atoms with Gasteiger partial charge in [0.25, 0.3) is 5.69 Å². The topological polar surface area (TPSA) is 76.4 Å². The molecule has 0 amide bonds. The molecule has 0 saturated heterocycles. The van der Waals surface area contributed by atoms with Crippen LogP contribution < -0.4 is 15.4 Å². The summed E-state index contributed by atoms with van der Waals surface area (Å²) < 4.78 is 5.09. The van der Waals surface area contributed by atoms with Crippen molar-refractivity contribution in [2.45, 2.75) is 0 Å². The quantitative estimate of drug-likeness (QED) is 0.368. The summed E-state index contributed by atoms with van der Waals surface area (Å²) in [5, 5.41) is 16.7. The predicted octanol–water partition coefficient (Wildman–Crippen LogP) is 2.08. The Bertz CT molecular complexity index is 477. The second-order valence-corrected chi connectivity index (χ2v) is 3.67. The molecule has 0 spiro atoms. The Balaban J connectivity index is 2.90. The van der Waals surface area contributed by atoms with Gasteiger partial charge in [-0.1, -0.05) is 6.08 Å². The fraction of sp³-hybridized carbons (Fsp3) is 0.182. The number of methoxy groups -OCH3 is 1. The van der Waals surface area contributed by atoms with Gasteiger partial charge in [0.05, 0.1) is 17.7 Å². The van der Waals surface area contributed by atoms with Crippen LogP contribution in [0.5, 0.6) is 5.75 Å². The number of non-ortho nitro benzene ring substituents is 1. The summed E-state index contributed by atoms with van der Waals surface area (Å²) in [5.41, 5.74) is 0.401. The standard InChI is InChI=1S/C11H13N3O3S/c1-3-6-12-11(18)13-9-7-8(14(15)16)4-5-10(9)17-2/h3-5,7H,1,6H2,2H3,(H2,12,13,18).